The third kappa shape index (κ3) is 3.44. The summed E-state index contributed by atoms with van der Waals surface area (Å²) >= 11 is 0. The van der Waals surface area contributed by atoms with Crippen LogP contribution >= 0.6 is 0 Å². The van der Waals surface area contributed by atoms with Gasteiger partial charge >= 0.3 is 0 Å². The highest BCUT2D eigenvalue weighted by molar-refractivity contribution is 5.62. The van der Waals surface area contributed by atoms with E-state index >= 15 is 0 Å². The monoisotopic (exact) mass is 272 g/mol. The highest BCUT2D eigenvalue weighted by Crippen LogP contribution is 2.24. The van der Waals surface area contributed by atoms with Gasteiger partial charge in [-0.1, -0.05) is 6.07 Å². The van der Waals surface area contributed by atoms with Crippen LogP contribution in [-0.2, 0) is 6.42 Å². The molecule has 0 saturated heterocycles. The Balaban J connectivity index is 2.09. The van der Waals surface area contributed by atoms with Gasteiger partial charge in [-0.05, 0) is 18.2 Å². The molecule has 6 heteroatoms. The summed E-state index contributed by atoms with van der Waals surface area (Å²) in [5.41, 5.74) is 7.80. The zero-order valence-electron chi connectivity index (χ0n) is 11.2. The third-order valence-electron chi connectivity index (χ3n) is 3.01. The third-order valence-corrected chi connectivity index (χ3v) is 3.01. The first-order valence-electron chi connectivity index (χ1n) is 6.22. The Hall–Kier alpha value is -2.63. The molecule has 104 valence electrons. The molecule has 2 aromatic rings. The van der Waals surface area contributed by atoms with Gasteiger partial charge in [-0.15, -0.1) is 0 Å². The van der Waals surface area contributed by atoms with E-state index in [-0.39, 0.29) is 5.69 Å². The highest BCUT2D eigenvalue weighted by Gasteiger charge is 2.11. The topological polar surface area (TPSA) is 85.3 Å². The molecule has 0 unspecified atom stereocenters. The minimum atomic E-state index is -0.438. The number of nitro groups is 1. The maximum Gasteiger partial charge on any atom is 0.273 e. The van der Waals surface area contributed by atoms with Gasteiger partial charge < -0.3 is 10.6 Å². The molecule has 6 nitrogen and oxygen atoms in total. The fourth-order valence-corrected chi connectivity index (χ4v) is 1.90. The van der Waals surface area contributed by atoms with Crippen LogP contribution in [0.25, 0.3) is 0 Å². The highest BCUT2D eigenvalue weighted by atomic mass is 16.6. The number of pyridine rings is 1. The Bertz CT molecular complexity index is 601. The summed E-state index contributed by atoms with van der Waals surface area (Å²) in [6.07, 6.45) is 2.51. The van der Waals surface area contributed by atoms with Crippen LogP contribution in [0.3, 0.4) is 0 Å². The molecule has 1 aromatic heterocycles. The maximum absolute atomic E-state index is 10.8. The predicted molar refractivity (Wildman–Crippen MR) is 78.7 cm³/mol. The summed E-state index contributed by atoms with van der Waals surface area (Å²) in [5.74, 6) is 0. The summed E-state index contributed by atoms with van der Waals surface area (Å²) in [6, 6.07) is 10.4. The lowest BCUT2D eigenvalue weighted by Crippen LogP contribution is -2.20. The van der Waals surface area contributed by atoms with Gasteiger partial charge in [-0.2, -0.15) is 0 Å². The van der Waals surface area contributed by atoms with Gasteiger partial charge in [0, 0.05) is 55.4 Å². The van der Waals surface area contributed by atoms with Crippen LogP contribution in [0.15, 0.2) is 42.6 Å². The number of non-ortho nitro benzene ring substituents is 1. The number of hydrogen-bond acceptors (Lipinski definition) is 5. The smallest absolute Gasteiger partial charge is 0.273 e. The molecule has 0 aliphatic heterocycles. The number of likely N-dealkylation sites (N-methyl/N-ethyl adjacent to an activating group) is 1. The second-order valence-corrected chi connectivity index (χ2v) is 4.53. The first-order valence-corrected chi connectivity index (χ1v) is 6.22. The number of nitrogens with two attached hydrogens (primary N) is 1. The van der Waals surface area contributed by atoms with Crippen LogP contribution in [0.5, 0.6) is 0 Å². The second-order valence-electron chi connectivity index (χ2n) is 4.53. The lowest BCUT2D eigenvalue weighted by molar-refractivity contribution is -0.384. The van der Waals surface area contributed by atoms with Gasteiger partial charge in [-0.25, -0.2) is 0 Å². The molecule has 0 bridgehead atoms. The maximum atomic E-state index is 10.8. The van der Waals surface area contributed by atoms with Crippen molar-refractivity contribution < 1.29 is 4.92 Å². The van der Waals surface area contributed by atoms with Crippen LogP contribution in [0.2, 0.25) is 0 Å². The summed E-state index contributed by atoms with van der Waals surface area (Å²) in [4.78, 5) is 16.6. The molecule has 0 amide bonds. The van der Waals surface area contributed by atoms with Gasteiger partial charge in [0.1, 0.15) is 0 Å². The van der Waals surface area contributed by atoms with Crippen molar-refractivity contribution in [2.45, 2.75) is 6.42 Å². The summed E-state index contributed by atoms with van der Waals surface area (Å²) in [7, 11) is 1.88. The number of rotatable bonds is 5. The van der Waals surface area contributed by atoms with Crippen molar-refractivity contribution in [3.05, 3.63) is 58.4 Å². The van der Waals surface area contributed by atoms with E-state index in [9.17, 15) is 10.1 Å². The molecule has 0 saturated carbocycles. The van der Waals surface area contributed by atoms with Crippen LogP contribution in [0, 0.1) is 10.1 Å². The lowest BCUT2D eigenvalue weighted by Gasteiger charge is -2.19. The van der Waals surface area contributed by atoms with Gasteiger partial charge in [-0.3, -0.25) is 15.1 Å². The molecular formula is C14H16N4O2. The number of nitrogen functional groups attached to an aromatic ring is 1. The summed E-state index contributed by atoms with van der Waals surface area (Å²) < 4.78 is 0. The Kier molecular flexibility index (Phi) is 4.14. The lowest BCUT2D eigenvalue weighted by atomic mass is 10.2. The Morgan fingerprint density at radius 2 is 2.15 bits per heavy atom. The van der Waals surface area contributed by atoms with Crippen LogP contribution in [0.1, 0.15) is 5.69 Å². The molecule has 0 atom stereocenters. The molecule has 0 fully saturated rings. The Morgan fingerprint density at radius 3 is 2.80 bits per heavy atom. The fourth-order valence-electron chi connectivity index (χ4n) is 1.90. The molecule has 2 rings (SSSR count). The van der Waals surface area contributed by atoms with Crippen LogP contribution < -0.4 is 10.6 Å². The first kappa shape index (κ1) is 13.8. The molecule has 2 N–H and O–H groups in total. The van der Waals surface area contributed by atoms with Crippen molar-refractivity contribution in [1.29, 1.82) is 0 Å². The fraction of sp³-hybridized carbons (Fsp3) is 0.214. The molecule has 0 radical (unpaired) electrons. The van der Waals surface area contributed by atoms with E-state index in [4.69, 9.17) is 5.73 Å². The normalized spacial score (nSPS) is 10.2. The second kappa shape index (κ2) is 6.01. The molecule has 0 spiro atoms. The minimum absolute atomic E-state index is 0.00434. The van der Waals surface area contributed by atoms with Gasteiger partial charge in [0.25, 0.3) is 5.69 Å². The van der Waals surface area contributed by atoms with Gasteiger partial charge in [0.2, 0.25) is 0 Å². The standard InChI is InChI=1S/C14H16N4O2/c1-17(7-5-12-4-2-3-6-16-12)13-8-11(15)9-14(10-13)18(19)20/h2-4,6,8-10H,5,7,15H2,1H3. The van der Waals surface area contributed by atoms with E-state index in [0.29, 0.717) is 12.2 Å². The van der Waals surface area contributed by atoms with E-state index in [1.807, 2.05) is 30.1 Å². The SMILES string of the molecule is CN(CCc1ccccn1)c1cc(N)cc([N+](=O)[O-])c1. The van der Waals surface area contributed by atoms with E-state index < -0.39 is 4.92 Å². The average molecular weight is 272 g/mol. The molecule has 1 heterocycles. The van der Waals surface area contributed by atoms with Crippen molar-refractivity contribution in [3.63, 3.8) is 0 Å². The molecular weight excluding hydrogens is 256 g/mol. The number of nitrogens with zero attached hydrogens (tertiary/aromatic N) is 3. The van der Waals surface area contributed by atoms with Crippen LogP contribution in [0.4, 0.5) is 17.1 Å². The Labute approximate surface area is 117 Å². The van der Waals surface area contributed by atoms with Crippen molar-refractivity contribution in [2.75, 3.05) is 24.2 Å². The predicted octanol–water partition coefficient (Wildman–Crippen LogP) is 2.25. The van der Waals surface area contributed by atoms with Crippen molar-refractivity contribution in [3.8, 4) is 0 Å². The van der Waals surface area contributed by atoms with E-state index in [1.165, 1.54) is 12.1 Å². The van der Waals surface area contributed by atoms with E-state index in [1.54, 1.807) is 12.3 Å². The zero-order chi connectivity index (χ0) is 14.5. The van der Waals surface area contributed by atoms with Crippen LogP contribution in [-0.4, -0.2) is 23.5 Å². The van der Waals surface area contributed by atoms with E-state index in [0.717, 1.165) is 17.8 Å². The number of anilines is 2. The number of nitro benzene ring substituents is 1. The molecule has 0 aliphatic carbocycles. The van der Waals surface area contributed by atoms with Gasteiger partial charge in [0.15, 0.2) is 0 Å². The number of aromatic nitrogens is 1. The van der Waals surface area contributed by atoms with E-state index in [2.05, 4.69) is 4.98 Å². The number of benzene rings is 1. The first-order chi connectivity index (χ1) is 9.56. The van der Waals surface area contributed by atoms with Crippen molar-refractivity contribution in [1.82, 2.24) is 4.98 Å². The number of hydrogen-bond donors (Lipinski definition) is 1. The Morgan fingerprint density at radius 1 is 1.35 bits per heavy atom. The quantitative estimate of drug-likeness (QED) is 0.512. The molecule has 0 aliphatic rings. The average Bonchev–Trinajstić information content (AvgIpc) is 2.45. The van der Waals surface area contributed by atoms with Crippen molar-refractivity contribution >= 4 is 17.1 Å². The summed E-state index contributed by atoms with van der Waals surface area (Å²) in [5, 5.41) is 10.8. The molecule has 20 heavy (non-hydrogen) atoms. The largest absolute Gasteiger partial charge is 0.398 e. The minimum Gasteiger partial charge on any atom is -0.398 e. The molecule has 1 aromatic carbocycles. The zero-order valence-corrected chi connectivity index (χ0v) is 11.2. The summed E-state index contributed by atoms with van der Waals surface area (Å²) in [6.45, 7) is 0.706. The van der Waals surface area contributed by atoms with Crippen molar-refractivity contribution in [2.24, 2.45) is 0 Å². The van der Waals surface area contributed by atoms with Gasteiger partial charge in [0.05, 0.1) is 4.92 Å².